The molecule has 11 heavy (non-hydrogen) atoms. The molecule has 2 N–H and O–H groups in total. The molecule has 1 heterocycles. The van der Waals surface area contributed by atoms with Crippen molar-refractivity contribution in [1.82, 2.24) is 9.97 Å². The van der Waals surface area contributed by atoms with Gasteiger partial charge in [0.15, 0.2) is 6.29 Å². The van der Waals surface area contributed by atoms with E-state index >= 15 is 0 Å². The highest BCUT2D eigenvalue weighted by Crippen LogP contribution is 2.17. The van der Waals surface area contributed by atoms with Gasteiger partial charge in [-0.15, -0.1) is 0 Å². The van der Waals surface area contributed by atoms with Gasteiger partial charge in [-0.3, -0.25) is 4.79 Å². The van der Waals surface area contributed by atoms with E-state index in [2.05, 4.69) is 9.97 Å². The van der Waals surface area contributed by atoms with Crippen LogP contribution in [0.1, 0.15) is 10.4 Å². The van der Waals surface area contributed by atoms with Crippen molar-refractivity contribution in [3.8, 4) is 0 Å². The summed E-state index contributed by atoms with van der Waals surface area (Å²) in [6.07, 6.45) is 0.480. The van der Waals surface area contributed by atoms with E-state index < -0.39 is 0 Å². The lowest BCUT2D eigenvalue weighted by atomic mass is 10.3. The first-order valence-corrected chi connectivity index (χ1v) is 3.34. The van der Waals surface area contributed by atoms with E-state index in [1.54, 1.807) is 0 Å². The molecule has 0 spiro atoms. The number of hydrogen-bond acceptors (Lipinski definition) is 4. The van der Waals surface area contributed by atoms with Crippen LogP contribution >= 0.6 is 23.2 Å². The molecule has 1 rings (SSSR count). The molecule has 0 unspecified atom stereocenters. The number of nitrogens with zero attached hydrogens (tertiary/aromatic N) is 2. The molecule has 0 radical (unpaired) electrons. The quantitative estimate of drug-likeness (QED) is 0.412. The van der Waals surface area contributed by atoms with Crippen LogP contribution in [0.5, 0.6) is 0 Å². The minimum Gasteiger partial charge on any atom is -0.383 e. The number of nitrogen functional groups attached to an aromatic ring is 1. The second-order valence-corrected chi connectivity index (χ2v) is 2.40. The van der Waals surface area contributed by atoms with Gasteiger partial charge < -0.3 is 5.73 Å². The third kappa shape index (κ3) is 1.58. The van der Waals surface area contributed by atoms with Gasteiger partial charge in [0.1, 0.15) is 11.0 Å². The van der Waals surface area contributed by atoms with Gasteiger partial charge in [0.2, 0.25) is 5.28 Å². The summed E-state index contributed by atoms with van der Waals surface area (Å²) in [5, 5.41) is -0.101. The van der Waals surface area contributed by atoms with Gasteiger partial charge in [0.05, 0.1) is 5.56 Å². The molecule has 58 valence electrons. The van der Waals surface area contributed by atoms with Crippen LogP contribution in [0.25, 0.3) is 0 Å². The number of halogens is 2. The van der Waals surface area contributed by atoms with Crippen LogP contribution in [0.3, 0.4) is 0 Å². The standard InChI is InChI=1S/C5H3Cl2N3O/c6-3-2(1-11)4(8)10-5(7)9-3/h1H,(H2,8,9,10). The van der Waals surface area contributed by atoms with Crippen molar-refractivity contribution in [3.63, 3.8) is 0 Å². The Morgan fingerprint density at radius 1 is 1.36 bits per heavy atom. The van der Waals surface area contributed by atoms with Crippen molar-refractivity contribution in [1.29, 1.82) is 0 Å². The van der Waals surface area contributed by atoms with Crippen LogP contribution in [0, 0.1) is 0 Å². The third-order valence-corrected chi connectivity index (χ3v) is 1.48. The van der Waals surface area contributed by atoms with Gasteiger partial charge in [-0.2, -0.15) is 0 Å². The number of nitrogens with two attached hydrogens (primary N) is 1. The van der Waals surface area contributed by atoms with Crippen molar-refractivity contribution in [2.45, 2.75) is 0 Å². The predicted molar refractivity (Wildman–Crippen MR) is 41.9 cm³/mol. The second kappa shape index (κ2) is 3.02. The van der Waals surface area contributed by atoms with E-state index in [4.69, 9.17) is 28.9 Å². The molecule has 0 bridgehead atoms. The summed E-state index contributed by atoms with van der Waals surface area (Å²) in [6, 6.07) is 0. The van der Waals surface area contributed by atoms with Crippen LogP contribution in [-0.2, 0) is 0 Å². The summed E-state index contributed by atoms with van der Waals surface area (Å²) in [5.41, 5.74) is 5.35. The van der Waals surface area contributed by atoms with Crippen molar-refractivity contribution < 1.29 is 4.79 Å². The van der Waals surface area contributed by atoms with E-state index in [0.717, 1.165) is 0 Å². The molecule has 0 aliphatic carbocycles. The summed E-state index contributed by atoms with van der Waals surface area (Å²) in [7, 11) is 0. The summed E-state index contributed by atoms with van der Waals surface area (Å²) in [6.45, 7) is 0. The monoisotopic (exact) mass is 191 g/mol. The number of rotatable bonds is 1. The summed E-state index contributed by atoms with van der Waals surface area (Å²) in [5.74, 6) is -0.00926. The Balaban J connectivity index is 3.36. The summed E-state index contributed by atoms with van der Waals surface area (Å²) >= 11 is 10.9. The Morgan fingerprint density at radius 3 is 2.45 bits per heavy atom. The minimum atomic E-state index is -0.0712. The topological polar surface area (TPSA) is 68.9 Å². The highest BCUT2D eigenvalue weighted by Gasteiger charge is 2.07. The Morgan fingerprint density at radius 2 is 2.00 bits per heavy atom. The Labute approximate surface area is 72.3 Å². The van der Waals surface area contributed by atoms with E-state index in [0.29, 0.717) is 6.29 Å². The first-order valence-electron chi connectivity index (χ1n) is 2.59. The van der Waals surface area contributed by atoms with Gasteiger partial charge >= 0.3 is 0 Å². The molecule has 1 aromatic rings. The second-order valence-electron chi connectivity index (χ2n) is 1.70. The predicted octanol–water partition coefficient (Wildman–Crippen LogP) is 1.18. The van der Waals surface area contributed by atoms with E-state index in [1.807, 2.05) is 0 Å². The minimum absolute atomic E-state index is 0.00926. The van der Waals surface area contributed by atoms with E-state index in [1.165, 1.54) is 0 Å². The first kappa shape index (κ1) is 8.23. The van der Waals surface area contributed by atoms with Crippen molar-refractivity contribution in [2.24, 2.45) is 0 Å². The first-order chi connectivity index (χ1) is 5.15. The molecular formula is C5H3Cl2N3O. The molecule has 0 aliphatic heterocycles. The average molecular weight is 192 g/mol. The molecular weight excluding hydrogens is 189 g/mol. The molecule has 0 amide bonds. The van der Waals surface area contributed by atoms with Gasteiger partial charge in [-0.05, 0) is 11.6 Å². The van der Waals surface area contributed by atoms with E-state index in [9.17, 15) is 4.79 Å². The lowest BCUT2D eigenvalue weighted by molar-refractivity contribution is 0.112. The van der Waals surface area contributed by atoms with Crippen molar-refractivity contribution >= 4 is 35.3 Å². The van der Waals surface area contributed by atoms with Crippen molar-refractivity contribution in [2.75, 3.05) is 5.73 Å². The molecule has 0 aliphatic rings. The molecule has 1 aromatic heterocycles. The zero-order valence-electron chi connectivity index (χ0n) is 5.21. The van der Waals surface area contributed by atoms with Gasteiger partial charge in [-0.25, -0.2) is 9.97 Å². The lowest BCUT2D eigenvalue weighted by Gasteiger charge is -1.98. The maximum atomic E-state index is 10.3. The van der Waals surface area contributed by atoms with Gasteiger partial charge in [0.25, 0.3) is 0 Å². The third-order valence-electron chi connectivity index (χ3n) is 1.02. The Bertz CT molecular complexity index is 279. The van der Waals surface area contributed by atoms with Crippen LogP contribution in [0.4, 0.5) is 5.82 Å². The molecule has 4 nitrogen and oxygen atoms in total. The zero-order chi connectivity index (χ0) is 8.43. The summed E-state index contributed by atoms with van der Waals surface area (Å²) < 4.78 is 0. The highest BCUT2D eigenvalue weighted by atomic mass is 35.5. The molecule has 0 fully saturated rings. The smallest absolute Gasteiger partial charge is 0.225 e. The molecule has 0 aromatic carbocycles. The van der Waals surface area contributed by atoms with E-state index in [-0.39, 0.29) is 21.8 Å². The van der Waals surface area contributed by atoms with Crippen LogP contribution < -0.4 is 5.73 Å². The number of aldehydes is 1. The number of aromatic nitrogens is 2. The number of hydrogen-bond donors (Lipinski definition) is 1. The van der Waals surface area contributed by atoms with Crippen LogP contribution in [0.2, 0.25) is 10.4 Å². The largest absolute Gasteiger partial charge is 0.383 e. The molecule has 0 saturated carbocycles. The summed E-state index contributed by atoms with van der Waals surface area (Å²) in [4.78, 5) is 17.3. The van der Waals surface area contributed by atoms with Crippen molar-refractivity contribution in [3.05, 3.63) is 16.0 Å². The Kier molecular flexibility index (Phi) is 2.26. The molecule has 0 atom stereocenters. The average Bonchev–Trinajstić information content (AvgIpc) is 1.85. The molecule has 6 heteroatoms. The fourth-order valence-electron chi connectivity index (χ4n) is 0.541. The van der Waals surface area contributed by atoms with Crippen LogP contribution in [-0.4, -0.2) is 16.3 Å². The lowest BCUT2D eigenvalue weighted by Crippen LogP contribution is -2.00. The fraction of sp³-hybridized carbons (Fsp3) is 0. The zero-order valence-corrected chi connectivity index (χ0v) is 6.73. The Hall–Kier alpha value is -0.870. The maximum Gasteiger partial charge on any atom is 0.225 e. The maximum absolute atomic E-state index is 10.3. The highest BCUT2D eigenvalue weighted by molar-refractivity contribution is 6.34. The number of anilines is 1. The number of carbonyl (C=O) groups is 1. The molecule has 0 saturated heterocycles. The normalized spacial score (nSPS) is 9.64. The SMILES string of the molecule is Nc1nc(Cl)nc(Cl)c1C=O. The number of carbonyl (C=O) groups excluding carboxylic acids is 1. The van der Waals surface area contributed by atoms with Gasteiger partial charge in [-0.1, -0.05) is 11.6 Å². The fourth-order valence-corrected chi connectivity index (χ4v) is 0.981. The van der Waals surface area contributed by atoms with Crippen LogP contribution in [0.15, 0.2) is 0 Å². The van der Waals surface area contributed by atoms with Gasteiger partial charge in [0, 0.05) is 0 Å².